The first-order valence-electron chi connectivity index (χ1n) is 7.07. The van der Waals surface area contributed by atoms with Crippen molar-refractivity contribution in [2.75, 3.05) is 26.0 Å². The van der Waals surface area contributed by atoms with Crippen LogP contribution in [0.15, 0.2) is 54.6 Å². The van der Waals surface area contributed by atoms with Gasteiger partial charge >= 0.3 is 6.03 Å². The molecule has 2 amide bonds. The Morgan fingerprint density at radius 1 is 1.09 bits per heavy atom. The van der Waals surface area contributed by atoms with Crippen LogP contribution in [-0.4, -0.2) is 31.6 Å². The zero-order chi connectivity index (χ0) is 15.9. The number of urea groups is 1. The van der Waals surface area contributed by atoms with Gasteiger partial charge in [0.05, 0.1) is 6.04 Å². The number of benzene rings is 2. The van der Waals surface area contributed by atoms with Crippen molar-refractivity contribution in [2.45, 2.75) is 6.04 Å². The Morgan fingerprint density at radius 2 is 1.73 bits per heavy atom. The molecule has 4 nitrogen and oxygen atoms in total. The number of likely N-dealkylation sites (N-methyl/N-ethyl adjacent to an activating group) is 1. The highest BCUT2D eigenvalue weighted by Gasteiger charge is 2.15. The van der Waals surface area contributed by atoms with Crippen molar-refractivity contribution in [1.82, 2.24) is 10.2 Å². The van der Waals surface area contributed by atoms with Crippen molar-refractivity contribution in [3.05, 3.63) is 66.0 Å². The number of carbonyl (C=O) groups excluding carboxylic acids is 1. The minimum absolute atomic E-state index is 0.128. The van der Waals surface area contributed by atoms with E-state index < -0.39 is 0 Å². The van der Waals surface area contributed by atoms with Gasteiger partial charge in [-0.15, -0.1) is 0 Å². The summed E-state index contributed by atoms with van der Waals surface area (Å²) in [6.45, 7) is 0.681. The van der Waals surface area contributed by atoms with E-state index in [-0.39, 0.29) is 17.9 Å². The molecule has 2 aromatic carbocycles. The van der Waals surface area contributed by atoms with Gasteiger partial charge in [0.2, 0.25) is 0 Å². The van der Waals surface area contributed by atoms with E-state index in [1.165, 1.54) is 24.3 Å². The monoisotopic (exact) mass is 301 g/mol. The first kappa shape index (κ1) is 16.0. The van der Waals surface area contributed by atoms with Gasteiger partial charge in [0, 0.05) is 12.2 Å². The maximum Gasteiger partial charge on any atom is 0.319 e. The van der Waals surface area contributed by atoms with E-state index >= 15 is 0 Å². The summed E-state index contributed by atoms with van der Waals surface area (Å²) >= 11 is 0. The fourth-order valence-corrected chi connectivity index (χ4v) is 2.14. The van der Waals surface area contributed by atoms with Gasteiger partial charge in [-0.1, -0.05) is 30.3 Å². The van der Waals surface area contributed by atoms with Gasteiger partial charge in [-0.3, -0.25) is 0 Å². The highest BCUT2D eigenvalue weighted by molar-refractivity contribution is 5.89. The van der Waals surface area contributed by atoms with Crippen LogP contribution in [0.5, 0.6) is 0 Å². The number of rotatable bonds is 5. The van der Waals surface area contributed by atoms with E-state index in [2.05, 4.69) is 10.6 Å². The second-order valence-electron chi connectivity index (χ2n) is 5.33. The number of anilines is 1. The van der Waals surface area contributed by atoms with Crippen LogP contribution >= 0.6 is 0 Å². The van der Waals surface area contributed by atoms with Gasteiger partial charge in [0.1, 0.15) is 5.82 Å². The number of carbonyl (C=O) groups is 1. The third-order valence-electron chi connectivity index (χ3n) is 3.16. The quantitative estimate of drug-likeness (QED) is 0.890. The Bertz CT molecular complexity index is 599. The molecule has 0 aliphatic heterocycles. The molecule has 0 spiro atoms. The Hall–Kier alpha value is -2.40. The predicted octanol–water partition coefficient (Wildman–Crippen LogP) is 3.25. The molecule has 0 fully saturated rings. The van der Waals surface area contributed by atoms with Crippen molar-refractivity contribution >= 4 is 11.7 Å². The molecule has 0 aromatic heterocycles. The maximum atomic E-state index is 12.9. The van der Waals surface area contributed by atoms with Crippen molar-refractivity contribution in [2.24, 2.45) is 0 Å². The van der Waals surface area contributed by atoms with Crippen molar-refractivity contribution < 1.29 is 9.18 Å². The lowest BCUT2D eigenvalue weighted by atomic mass is 10.1. The zero-order valence-corrected chi connectivity index (χ0v) is 12.7. The number of amides is 2. The molecule has 0 bridgehead atoms. The van der Waals surface area contributed by atoms with E-state index in [9.17, 15) is 9.18 Å². The summed E-state index contributed by atoms with van der Waals surface area (Å²) in [6, 6.07) is 15.0. The molecular weight excluding hydrogens is 281 g/mol. The van der Waals surface area contributed by atoms with E-state index in [0.29, 0.717) is 12.2 Å². The van der Waals surface area contributed by atoms with Crippen LogP contribution in [-0.2, 0) is 0 Å². The first-order valence-corrected chi connectivity index (χ1v) is 7.07. The third kappa shape index (κ3) is 4.86. The molecule has 0 saturated carbocycles. The predicted molar refractivity (Wildman–Crippen MR) is 86.3 cm³/mol. The van der Waals surface area contributed by atoms with E-state index in [0.717, 1.165) is 5.56 Å². The van der Waals surface area contributed by atoms with Crippen LogP contribution in [0, 0.1) is 5.82 Å². The highest BCUT2D eigenvalue weighted by Crippen LogP contribution is 2.14. The van der Waals surface area contributed by atoms with Crippen LogP contribution in [0.3, 0.4) is 0 Å². The normalized spacial score (nSPS) is 12.0. The van der Waals surface area contributed by atoms with E-state index in [4.69, 9.17) is 0 Å². The van der Waals surface area contributed by atoms with E-state index in [1.807, 2.05) is 49.3 Å². The van der Waals surface area contributed by atoms with Gasteiger partial charge in [0.15, 0.2) is 0 Å². The lowest BCUT2D eigenvalue weighted by Gasteiger charge is -2.23. The van der Waals surface area contributed by atoms with Crippen LogP contribution < -0.4 is 10.6 Å². The Balaban J connectivity index is 2.03. The number of halogens is 1. The minimum atomic E-state index is -0.333. The second kappa shape index (κ2) is 7.56. The first-order chi connectivity index (χ1) is 10.5. The zero-order valence-electron chi connectivity index (χ0n) is 12.7. The largest absolute Gasteiger partial charge is 0.330 e. The molecule has 2 N–H and O–H groups in total. The van der Waals surface area contributed by atoms with Crippen molar-refractivity contribution in [3.63, 3.8) is 0 Å². The summed E-state index contributed by atoms with van der Waals surface area (Å²) in [5.74, 6) is -0.333. The standard InChI is InChI=1S/C17H20FN3O/c1-21(2)12-16(13-6-4-3-5-7-13)20-17(22)19-15-10-8-14(18)9-11-15/h3-11,16H,12H2,1-2H3,(H2,19,20,22). The maximum absolute atomic E-state index is 12.9. The number of hydrogen-bond acceptors (Lipinski definition) is 2. The van der Waals surface area contributed by atoms with Crippen LogP contribution in [0.25, 0.3) is 0 Å². The average Bonchev–Trinajstić information content (AvgIpc) is 2.49. The Kier molecular flexibility index (Phi) is 5.49. The van der Waals surface area contributed by atoms with Crippen LogP contribution in [0.1, 0.15) is 11.6 Å². The number of nitrogens with one attached hydrogen (secondary N) is 2. The third-order valence-corrected chi connectivity index (χ3v) is 3.16. The van der Waals surface area contributed by atoms with Crippen molar-refractivity contribution in [3.8, 4) is 0 Å². The molecule has 116 valence electrons. The van der Waals surface area contributed by atoms with Gasteiger partial charge in [-0.25, -0.2) is 9.18 Å². The molecule has 0 aliphatic rings. The lowest BCUT2D eigenvalue weighted by molar-refractivity contribution is 0.244. The SMILES string of the molecule is CN(C)CC(NC(=O)Nc1ccc(F)cc1)c1ccccc1. The smallest absolute Gasteiger partial charge is 0.319 e. The molecule has 22 heavy (non-hydrogen) atoms. The molecule has 2 aromatic rings. The summed E-state index contributed by atoms with van der Waals surface area (Å²) in [6.07, 6.45) is 0. The van der Waals surface area contributed by atoms with Crippen LogP contribution in [0.2, 0.25) is 0 Å². The summed E-state index contributed by atoms with van der Waals surface area (Å²) in [4.78, 5) is 14.1. The summed E-state index contributed by atoms with van der Waals surface area (Å²) in [5.41, 5.74) is 1.58. The van der Waals surface area contributed by atoms with Crippen molar-refractivity contribution in [1.29, 1.82) is 0 Å². The minimum Gasteiger partial charge on any atom is -0.330 e. The molecule has 0 aliphatic carbocycles. The lowest BCUT2D eigenvalue weighted by Crippen LogP contribution is -2.37. The molecule has 1 atom stereocenters. The average molecular weight is 301 g/mol. The number of nitrogens with zero attached hydrogens (tertiary/aromatic N) is 1. The molecule has 2 rings (SSSR count). The van der Waals surface area contributed by atoms with Gasteiger partial charge in [-0.2, -0.15) is 0 Å². The highest BCUT2D eigenvalue weighted by atomic mass is 19.1. The van der Waals surface area contributed by atoms with Gasteiger partial charge in [0.25, 0.3) is 0 Å². The Labute approximate surface area is 129 Å². The molecule has 0 radical (unpaired) electrons. The molecule has 0 heterocycles. The van der Waals surface area contributed by atoms with Crippen LogP contribution in [0.4, 0.5) is 14.9 Å². The molecular formula is C17H20FN3O. The molecule has 5 heteroatoms. The van der Waals surface area contributed by atoms with E-state index in [1.54, 1.807) is 0 Å². The fraction of sp³-hybridized carbons (Fsp3) is 0.235. The molecule has 0 saturated heterocycles. The summed E-state index contributed by atoms with van der Waals surface area (Å²) < 4.78 is 12.9. The number of hydrogen-bond donors (Lipinski definition) is 2. The van der Waals surface area contributed by atoms with Gasteiger partial charge in [-0.05, 0) is 43.9 Å². The van der Waals surface area contributed by atoms with Gasteiger partial charge < -0.3 is 15.5 Å². The fourth-order valence-electron chi connectivity index (χ4n) is 2.14. The summed E-state index contributed by atoms with van der Waals surface area (Å²) in [7, 11) is 3.91. The Morgan fingerprint density at radius 3 is 2.32 bits per heavy atom. The topological polar surface area (TPSA) is 44.4 Å². The second-order valence-corrected chi connectivity index (χ2v) is 5.33. The summed E-state index contributed by atoms with van der Waals surface area (Å²) in [5, 5.41) is 5.65. The molecule has 1 unspecified atom stereocenters.